The number of carbonyl (C=O) groups is 2. The van der Waals surface area contributed by atoms with Crippen molar-refractivity contribution in [1.82, 2.24) is 5.32 Å². The first-order valence-corrected chi connectivity index (χ1v) is 9.20. The van der Waals surface area contributed by atoms with Gasteiger partial charge in [0, 0.05) is 40.7 Å². The molecule has 0 fully saturated rings. The van der Waals surface area contributed by atoms with Gasteiger partial charge in [0.05, 0.1) is 19.9 Å². The number of rotatable bonds is 5. The lowest BCUT2D eigenvalue weighted by Crippen LogP contribution is -2.32. The maximum absolute atomic E-state index is 13.3. The van der Waals surface area contributed by atoms with Gasteiger partial charge in [0.15, 0.2) is 11.5 Å². The Labute approximate surface area is 169 Å². The standard InChI is InChI=1S/C20H18BrFN2O4/c1-27-17-8-15(21)16(9-18(17)28-2)24-20(26)14-10-23-19(25)7-13(14)11-3-5-12(22)6-4-11/h3-6,8-10,13H,7H2,1-2H3,(H,23,25)(H,24,26)/t13-/m1/s1. The number of amides is 2. The van der Waals surface area contributed by atoms with Crippen LogP contribution in [0.4, 0.5) is 10.1 Å². The van der Waals surface area contributed by atoms with E-state index in [1.165, 1.54) is 32.6 Å². The van der Waals surface area contributed by atoms with Gasteiger partial charge in [0.1, 0.15) is 5.82 Å². The average molecular weight is 449 g/mol. The first-order valence-electron chi connectivity index (χ1n) is 8.40. The molecular weight excluding hydrogens is 431 g/mol. The molecule has 28 heavy (non-hydrogen) atoms. The molecule has 8 heteroatoms. The predicted molar refractivity (Wildman–Crippen MR) is 106 cm³/mol. The number of carbonyl (C=O) groups excluding carboxylic acids is 2. The van der Waals surface area contributed by atoms with Crippen LogP contribution < -0.4 is 20.1 Å². The van der Waals surface area contributed by atoms with Crippen LogP contribution in [0.3, 0.4) is 0 Å². The molecule has 2 aromatic rings. The molecule has 3 rings (SSSR count). The zero-order chi connectivity index (χ0) is 20.3. The molecular formula is C20H18BrFN2O4. The molecule has 1 aliphatic rings. The smallest absolute Gasteiger partial charge is 0.253 e. The van der Waals surface area contributed by atoms with Crippen molar-refractivity contribution in [2.24, 2.45) is 0 Å². The highest BCUT2D eigenvalue weighted by Crippen LogP contribution is 2.37. The number of hydrogen-bond acceptors (Lipinski definition) is 4. The molecule has 0 bridgehead atoms. The lowest BCUT2D eigenvalue weighted by Gasteiger charge is -2.24. The van der Waals surface area contributed by atoms with Crippen LogP contribution in [0.1, 0.15) is 17.9 Å². The van der Waals surface area contributed by atoms with Crippen molar-refractivity contribution in [3.63, 3.8) is 0 Å². The van der Waals surface area contributed by atoms with Gasteiger partial charge in [0.25, 0.3) is 5.91 Å². The highest BCUT2D eigenvalue weighted by molar-refractivity contribution is 9.10. The van der Waals surface area contributed by atoms with Gasteiger partial charge in [-0.1, -0.05) is 12.1 Å². The third-order valence-corrected chi connectivity index (χ3v) is 5.07. The molecule has 0 aliphatic carbocycles. The van der Waals surface area contributed by atoms with Gasteiger partial charge in [-0.25, -0.2) is 4.39 Å². The highest BCUT2D eigenvalue weighted by Gasteiger charge is 2.29. The largest absolute Gasteiger partial charge is 0.493 e. The molecule has 2 N–H and O–H groups in total. The molecule has 6 nitrogen and oxygen atoms in total. The van der Waals surface area contributed by atoms with Crippen molar-refractivity contribution in [3.8, 4) is 11.5 Å². The fourth-order valence-corrected chi connectivity index (χ4v) is 3.40. The molecule has 1 heterocycles. The third-order valence-electron chi connectivity index (χ3n) is 4.41. The molecule has 0 saturated carbocycles. The van der Waals surface area contributed by atoms with Crippen molar-refractivity contribution in [1.29, 1.82) is 0 Å². The Hall–Kier alpha value is -2.87. The Morgan fingerprint density at radius 1 is 1.18 bits per heavy atom. The minimum absolute atomic E-state index is 0.0952. The number of ether oxygens (including phenoxy) is 2. The summed E-state index contributed by atoms with van der Waals surface area (Å²) in [6.07, 6.45) is 1.49. The van der Waals surface area contributed by atoms with E-state index in [9.17, 15) is 14.0 Å². The maximum Gasteiger partial charge on any atom is 0.253 e. The van der Waals surface area contributed by atoms with Crippen molar-refractivity contribution in [2.75, 3.05) is 19.5 Å². The normalized spacial score (nSPS) is 16.1. The number of nitrogens with one attached hydrogen (secondary N) is 2. The topological polar surface area (TPSA) is 76.7 Å². The zero-order valence-corrected chi connectivity index (χ0v) is 16.8. The van der Waals surface area contributed by atoms with E-state index >= 15 is 0 Å². The zero-order valence-electron chi connectivity index (χ0n) is 15.2. The Bertz CT molecular complexity index is 944. The average Bonchev–Trinajstić information content (AvgIpc) is 2.69. The van der Waals surface area contributed by atoms with E-state index in [0.717, 1.165) is 0 Å². The molecule has 0 spiro atoms. The quantitative estimate of drug-likeness (QED) is 0.730. The van der Waals surface area contributed by atoms with E-state index in [4.69, 9.17) is 9.47 Å². The van der Waals surface area contributed by atoms with Crippen LogP contribution in [0.5, 0.6) is 11.5 Å². The maximum atomic E-state index is 13.3. The summed E-state index contributed by atoms with van der Waals surface area (Å²) in [6.45, 7) is 0. The fraction of sp³-hybridized carbons (Fsp3) is 0.200. The SMILES string of the molecule is COc1cc(Br)c(NC(=O)C2=CNC(=O)C[C@@H]2c2ccc(F)cc2)cc1OC. The van der Waals surface area contributed by atoms with Crippen molar-refractivity contribution in [3.05, 3.63) is 64.0 Å². The van der Waals surface area contributed by atoms with Crippen LogP contribution in [-0.2, 0) is 9.59 Å². The molecule has 0 aromatic heterocycles. The van der Waals surface area contributed by atoms with Crippen molar-refractivity contribution < 1.29 is 23.5 Å². The minimum Gasteiger partial charge on any atom is -0.493 e. The predicted octanol–water partition coefficient (Wildman–Crippen LogP) is 3.73. The minimum atomic E-state index is -0.478. The molecule has 2 aromatic carbocycles. The van der Waals surface area contributed by atoms with Gasteiger partial charge in [0.2, 0.25) is 5.91 Å². The molecule has 0 radical (unpaired) electrons. The van der Waals surface area contributed by atoms with Crippen molar-refractivity contribution >= 4 is 33.4 Å². The fourth-order valence-electron chi connectivity index (χ4n) is 2.97. The first-order chi connectivity index (χ1) is 13.4. The Kier molecular flexibility index (Phi) is 5.99. The second-order valence-electron chi connectivity index (χ2n) is 6.12. The number of methoxy groups -OCH3 is 2. The molecule has 0 saturated heterocycles. The van der Waals surface area contributed by atoms with E-state index in [2.05, 4.69) is 26.6 Å². The second-order valence-corrected chi connectivity index (χ2v) is 6.97. The summed E-state index contributed by atoms with van der Waals surface area (Å²) in [7, 11) is 3.02. The molecule has 2 amide bonds. The van der Waals surface area contributed by atoms with Crippen LogP contribution in [-0.4, -0.2) is 26.0 Å². The van der Waals surface area contributed by atoms with E-state index in [-0.39, 0.29) is 24.1 Å². The highest BCUT2D eigenvalue weighted by atomic mass is 79.9. The lowest BCUT2D eigenvalue weighted by atomic mass is 9.86. The monoisotopic (exact) mass is 448 g/mol. The summed E-state index contributed by atoms with van der Waals surface area (Å²) in [5, 5.41) is 5.39. The van der Waals surface area contributed by atoms with E-state index in [1.54, 1.807) is 24.3 Å². The Morgan fingerprint density at radius 3 is 2.46 bits per heavy atom. The van der Waals surface area contributed by atoms with Gasteiger partial charge in [-0.2, -0.15) is 0 Å². The Morgan fingerprint density at radius 2 is 1.82 bits per heavy atom. The number of benzene rings is 2. The van der Waals surface area contributed by atoms with Crippen LogP contribution in [0.25, 0.3) is 0 Å². The van der Waals surface area contributed by atoms with Crippen LogP contribution in [0, 0.1) is 5.82 Å². The second kappa shape index (κ2) is 8.43. The molecule has 0 unspecified atom stereocenters. The summed E-state index contributed by atoms with van der Waals surface area (Å²) < 4.78 is 24.4. The van der Waals surface area contributed by atoms with Crippen molar-refractivity contribution in [2.45, 2.75) is 12.3 Å². The first kappa shape index (κ1) is 19.9. The summed E-state index contributed by atoms with van der Waals surface area (Å²) in [5.74, 6) is -0.482. The molecule has 1 aliphatic heterocycles. The third kappa shape index (κ3) is 4.17. The van der Waals surface area contributed by atoms with Crippen LogP contribution in [0.2, 0.25) is 0 Å². The van der Waals surface area contributed by atoms with E-state index in [1.807, 2.05) is 0 Å². The number of hydrogen-bond donors (Lipinski definition) is 2. The summed E-state index contributed by atoms with van der Waals surface area (Å²) in [5.41, 5.74) is 1.54. The van der Waals surface area contributed by atoms with Gasteiger partial charge < -0.3 is 20.1 Å². The lowest BCUT2D eigenvalue weighted by molar-refractivity contribution is -0.121. The summed E-state index contributed by atoms with van der Waals surface area (Å²) >= 11 is 3.40. The van der Waals surface area contributed by atoms with Gasteiger partial charge in [-0.05, 0) is 33.6 Å². The summed E-state index contributed by atoms with van der Waals surface area (Å²) in [6, 6.07) is 9.08. The molecule has 1 atom stereocenters. The van der Waals surface area contributed by atoms with Gasteiger partial charge in [-0.15, -0.1) is 0 Å². The number of halogens is 2. The number of anilines is 1. The van der Waals surface area contributed by atoms with Gasteiger partial charge in [-0.3, -0.25) is 9.59 Å². The van der Waals surface area contributed by atoms with E-state index < -0.39 is 5.92 Å². The molecule has 146 valence electrons. The Balaban J connectivity index is 1.90. The van der Waals surface area contributed by atoms with Gasteiger partial charge >= 0.3 is 0 Å². The van der Waals surface area contributed by atoms with E-state index in [0.29, 0.717) is 32.8 Å². The van der Waals surface area contributed by atoms with Crippen LogP contribution in [0.15, 0.2) is 52.6 Å². The summed E-state index contributed by atoms with van der Waals surface area (Å²) in [4.78, 5) is 24.8. The van der Waals surface area contributed by atoms with Crippen LogP contribution >= 0.6 is 15.9 Å².